The van der Waals surface area contributed by atoms with Crippen molar-refractivity contribution in [3.8, 4) is 17.0 Å². The summed E-state index contributed by atoms with van der Waals surface area (Å²) < 4.78 is 82.7. The number of alkyl halides is 5. The number of hydrogen-bond acceptors (Lipinski definition) is 4. The maximum atomic E-state index is 14.4. The van der Waals surface area contributed by atoms with Crippen LogP contribution in [0.4, 0.5) is 22.0 Å². The monoisotopic (exact) mass is 548 g/mol. The lowest BCUT2D eigenvalue weighted by molar-refractivity contribution is -0.136. The highest BCUT2D eigenvalue weighted by molar-refractivity contribution is 9.10. The Labute approximate surface area is 184 Å². The van der Waals surface area contributed by atoms with Crippen LogP contribution in [0.25, 0.3) is 21.3 Å². The van der Waals surface area contributed by atoms with E-state index in [-0.39, 0.29) is 33.3 Å². The molecule has 0 saturated heterocycles. The number of hydrogen-bond donors (Lipinski definition) is 3. The van der Waals surface area contributed by atoms with E-state index >= 15 is 0 Å². The highest BCUT2D eigenvalue weighted by Crippen LogP contribution is 2.63. The summed E-state index contributed by atoms with van der Waals surface area (Å²) in [6.07, 6.45) is -4.31. The minimum absolute atomic E-state index is 0.0142. The fourth-order valence-electron chi connectivity index (χ4n) is 2.75. The average Bonchev–Trinajstić information content (AvgIpc) is 3.21. The first kappa shape index (κ1) is 24.1. The van der Waals surface area contributed by atoms with Crippen molar-refractivity contribution in [3.63, 3.8) is 0 Å². The standard InChI is InChI=1S/C17H15BrF5N2O4PS/c1-8-24-7-11(25-8)9-5-10-13(18)15(17(22,23)30(26,27)28)31-14(10)12(6-9)29-4-2-3-16(19,20)21/h5-7H,2-4H2,1H3,(H,24,25)(H2,26,27,28). The molecule has 0 aliphatic heterocycles. The average molecular weight is 549 g/mol. The number of fused-ring (bicyclic) bond motifs is 1. The Hall–Kier alpha value is -1.53. The van der Waals surface area contributed by atoms with E-state index in [1.807, 2.05) is 0 Å². The highest BCUT2D eigenvalue weighted by Gasteiger charge is 2.53. The van der Waals surface area contributed by atoms with Crippen LogP contribution in [0.5, 0.6) is 5.75 Å². The summed E-state index contributed by atoms with van der Waals surface area (Å²) >= 11 is 3.39. The van der Waals surface area contributed by atoms with Crippen molar-refractivity contribution in [2.45, 2.75) is 31.6 Å². The summed E-state index contributed by atoms with van der Waals surface area (Å²) in [6.45, 7) is 1.36. The first-order valence-corrected chi connectivity index (χ1v) is 11.8. The number of thiophene rings is 1. The molecule has 0 atom stereocenters. The first-order valence-electron chi connectivity index (χ1n) is 8.62. The predicted octanol–water partition coefficient (Wildman–Crippen LogP) is 6.31. The molecule has 0 aliphatic rings. The fraction of sp³-hybridized carbons (Fsp3) is 0.353. The van der Waals surface area contributed by atoms with Crippen LogP contribution in [0.2, 0.25) is 0 Å². The molecule has 1 aromatic carbocycles. The van der Waals surface area contributed by atoms with Gasteiger partial charge in [-0.05, 0) is 41.4 Å². The summed E-state index contributed by atoms with van der Waals surface area (Å²) in [5.41, 5.74) is -3.52. The fourth-order valence-corrected chi connectivity index (χ4v) is 5.73. The number of nitrogens with zero attached hydrogens (tertiary/aromatic N) is 1. The molecule has 170 valence electrons. The maximum absolute atomic E-state index is 14.4. The van der Waals surface area contributed by atoms with Gasteiger partial charge < -0.3 is 19.5 Å². The first-order chi connectivity index (χ1) is 14.2. The zero-order valence-corrected chi connectivity index (χ0v) is 18.9. The number of aryl methyl sites for hydroxylation is 1. The molecule has 0 saturated carbocycles. The van der Waals surface area contributed by atoms with E-state index < -0.39 is 30.7 Å². The molecule has 0 fully saturated rings. The third kappa shape index (κ3) is 5.11. The van der Waals surface area contributed by atoms with E-state index in [1.165, 1.54) is 18.3 Å². The number of ether oxygens (including phenoxy) is 1. The van der Waals surface area contributed by atoms with E-state index in [1.54, 1.807) is 6.92 Å². The number of rotatable bonds is 7. The number of benzene rings is 1. The van der Waals surface area contributed by atoms with Crippen molar-refractivity contribution >= 4 is 44.9 Å². The van der Waals surface area contributed by atoms with Crippen LogP contribution in [0, 0.1) is 6.92 Å². The lowest BCUT2D eigenvalue weighted by Crippen LogP contribution is -2.12. The molecule has 0 bridgehead atoms. The number of H-pyrrole nitrogens is 1. The van der Waals surface area contributed by atoms with Crippen molar-refractivity contribution in [3.05, 3.63) is 33.5 Å². The molecule has 3 aromatic rings. The number of nitrogens with one attached hydrogen (secondary N) is 1. The van der Waals surface area contributed by atoms with Crippen LogP contribution in [0.15, 0.2) is 22.8 Å². The number of aromatic nitrogens is 2. The van der Waals surface area contributed by atoms with Gasteiger partial charge in [0.05, 0.1) is 23.2 Å². The smallest absolute Gasteiger partial charge is 0.400 e. The molecule has 0 unspecified atom stereocenters. The molecular formula is C17H15BrF5N2O4PS. The van der Waals surface area contributed by atoms with Gasteiger partial charge >= 0.3 is 19.4 Å². The molecule has 0 aliphatic carbocycles. The largest absolute Gasteiger partial charge is 0.492 e. The van der Waals surface area contributed by atoms with E-state index in [9.17, 15) is 26.5 Å². The number of imidazole rings is 1. The van der Waals surface area contributed by atoms with Crippen LogP contribution >= 0.6 is 34.9 Å². The highest BCUT2D eigenvalue weighted by atomic mass is 79.9. The second-order valence-electron chi connectivity index (χ2n) is 6.63. The quantitative estimate of drug-likeness (QED) is 0.183. The summed E-state index contributed by atoms with van der Waals surface area (Å²) in [5, 5.41) is 0.170. The summed E-state index contributed by atoms with van der Waals surface area (Å²) in [4.78, 5) is 24.3. The van der Waals surface area contributed by atoms with Gasteiger partial charge in [0.15, 0.2) is 0 Å². The molecule has 2 heterocycles. The van der Waals surface area contributed by atoms with Crippen LogP contribution < -0.4 is 4.74 Å². The van der Waals surface area contributed by atoms with Crippen LogP contribution in [0.3, 0.4) is 0 Å². The Morgan fingerprint density at radius 2 is 1.94 bits per heavy atom. The van der Waals surface area contributed by atoms with Gasteiger partial charge in [0.2, 0.25) is 0 Å². The van der Waals surface area contributed by atoms with E-state index in [2.05, 4.69) is 25.9 Å². The van der Waals surface area contributed by atoms with Gasteiger partial charge in [0.1, 0.15) is 16.5 Å². The Morgan fingerprint density at radius 1 is 1.26 bits per heavy atom. The zero-order valence-electron chi connectivity index (χ0n) is 15.6. The third-order valence-electron chi connectivity index (χ3n) is 4.21. The second-order valence-corrected chi connectivity index (χ2v) is 10.1. The van der Waals surface area contributed by atoms with Gasteiger partial charge in [-0.2, -0.15) is 22.0 Å². The maximum Gasteiger partial charge on any atom is 0.400 e. The minimum Gasteiger partial charge on any atom is -0.492 e. The molecule has 0 spiro atoms. The van der Waals surface area contributed by atoms with Gasteiger partial charge in [-0.15, -0.1) is 11.3 Å². The topological polar surface area (TPSA) is 95.4 Å². The second kappa shape index (κ2) is 8.43. The minimum atomic E-state index is -5.83. The van der Waals surface area contributed by atoms with E-state index in [0.29, 0.717) is 28.4 Å². The number of aromatic amines is 1. The Bertz CT molecular complexity index is 1160. The lowest BCUT2D eigenvalue weighted by atomic mass is 10.1. The molecule has 31 heavy (non-hydrogen) atoms. The van der Waals surface area contributed by atoms with Crippen molar-refractivity contribution < 1.29 is 41.0 Å². The molecular weight excluding hydrogens is 534 g/mol. The molecule has 0 radical (unpaired) electrons. The Balaban J connectivity index is 2.10. The summed E-state index contributed by atoms with van der Waals surface area (Å²) in [6, 6.07) is 2.94. The number of halogens is 6. The Kier molecular flexibility index (Phi) is 6.56. The van der Waals surface area contributed by atoms with Crippen LogP contribution in [0.1, 0.15) is 23.5 Å². The van der Waals surface area contributed by atoms with E-state index in [4.69, 9.17) is 14.5 Å². The van der Waals surface area contributed by atoms with Gasteiger partial charge in [0.25, 0.3) is 0 Å². The SMILES string of the molecule is Cc1ncc(-c2cc(OCCCC(F)(F)F)c3sc(C(F)(F)P(=O)(O)O)c(Br)c3c2)[nH]1. The van der Waals surface area contributed by atoms with Gasteiger partial charge in [-0.25, -0.2) is 4.98 Å². The Morgan fingerprint density at radius 3 is 2.48 bits per heavy atom. The van der Waals surface area contributed by atoms with Crippen LogP contribution in [-0.4, -0.2) is 32.5 Å². The molecule has 0 amide bonds. The molecule has 3 N–H and O–H groups in total. The zero-order chi connectivity index (χ0) is 23.2. The van der Waals surface area contributed by atoms with Gasteiger partial charge in [-0.1, -0.05) is 0 Å². The molecule has 6 nitrogen and oxygen atoms in total. The molecule has 14 heteroatoms. The van der Waals surface area contributed by atoms with Crippen molar-refractivity contribution in [2.24, 2.45) is 0 Å². The predicted molar refractivity (Wildman–Crippen MR) is 109 cm³/mol. The van der Waals surface area contributed by atoms with E-state index in [0.717, 1.165) is 0 Å². The molecule has 2 aromatic heterocycles. The van der Waals surface area contributed by atoms with Crippen molar-refractivity contribution in [1.29, 1.82) is 0 Å². The summed E-state index contributed by atoms with van der Waals surface area (Å²) in [7, 11) is -5.83. The van der Waals surface area contributed by atoms with Gasteiger partial charge in [0, 0.05) is 21.8 Å². The molecule has 3 rings (SSSR count). The summed E-state index contributed by atoms with van der Waals surface area (Å²) in [5.74, 6) is 0.584. The lowest BCUT2D eigenvalue weighted by Gasteiger charge is -2.16. The van der Waals surface area contributed by atoms with Crippen LogP contribution in [-0.2, 0) is 10.2 Å². The van der Waals surface area contributed by atoms with Crippen molar-refractivity contribution in [1.82, 2.24) is 9.97 Å². The third-order valence-corrected chi connectivity index (χ3v) is 7.69. The van der Waals surface area contributed by atoms with Crippen molar-refractivity contribution in [2.75, 3.05) is 6.61 Å². The normalized spacial score (nSPS) is 13.2. The van der Waals surface area contributed by atoms with Gasteiger partial charge in [-0.3, -0.25) is 4.57 Å².